The number of carbonyl (C=O) groups is 1. The van der Waals surface area contributed by atoms with Crippen LogP contribution in [-0.4, -0.2) is 26.2 Å². The van der Waals surface area contributed by atoms with Gasteiger partial charge in [-0.2, -0.15) is 5.10 Å². The van der Waals surface area contributed by atoms with Crippen LogP contribution in [0.15, 0.2) is 42.6 Å². The number of rotatable bonds is 2. The van der Waals surface area contributed by atoms with E-state index in [2.05, 4.69) is 20.5 Å². The first kappa shape index (κ1) is 11.2. The van der Waals surface area contributed by atoms with Crippen molar-refractivity contribution in [1.29, 1.82) is 0 Å². The molecule has 3 rings (SSSR count). The fourth-order valence-corrected chi connectivity index (χ4v) is 1.74. The minimum Gasteiger partial charge on any atom is -0.508 e. The summed E-state index contributed by atoms with van der Waals surface area (Å²) in [6, 6.07) is 9.60. The van der Waals surface area contributed by atoms with Gasteiger partial charge in [0.05, 0.1) is 5.39 Å². The van der Waals surface area contributed by atoms with Gasteiger partial charge < -0.3 is 10.4 Å². The second-order valence-electron chi connectivity index (χ2n) is 3.97. The van der Waals surface area contributed by atoms with Crippen molar-refractivity contribution in [1.82, 2.24) is 15.2 Å². The number of phenolic OH excluding ortho intramolecular Hbond substituents is 1. The lowest BCUT2D eigenvalue weighted by atomic mass is 10.2. The molecule has 0 spiro atoms. The van der Waals surface area contributed by atoms with Gasteiger partial charge in [0.15, 0.2) is 5.65 Å². The van der Waals surface area contributed by atoms with Gasteiger partial charge in [-0.05, 0) is 36.4 Å². The predicted octanol–water partition coefficient (Wildman–Crippen LogP) is 1.92. The van der Waals surface area contributed by atoms with Crippen LogP contribution in [0.25, 0.3) is 11.0 Å². The second kappa shape index (κ2) is 4.41. The molecule has 3 N–H and O–H groups in total. The molecule has 0 fully saturated rings. The van der Waals surface area contributed by atoms with Crippen molar-refractivity contribution in [2.75, 3.05) is 5.32 Å². The number of carbonyl (C=O) groups excluding carboxylic acids is 1. The van der Waals surface area contributed by atoms with Gasteiger partial charge in [0.2, 0.25) is 0 Å². The number of anilines is 1. The molecule has 2 heterocycles. The van der Waals surface area contributed by atoms with Crippen LogP contribution in [0.2, 0.25) is 0 Å². The van der Waals surface area contributed by atoms with E-state index in [-0.39, 0.29) is 11.7 Å². The zero-order valence-electron chi connectivity index (χ0n) is 9.79. The maximum absolute atomic E-state index is 12.0. The summed E-state index contributed by atoms with van der Waals surface area (Å²) < 4.78 is 0. The number of fused-ring (bicyclic) bond motifs is 1. The number of benzene rings is 1. The first-order valence-electron chi connectivity index (χ1n) is 5.63. The first-order valence-corrected chi connectivity index (χ1v) is 5.63. The Morgan fingerprint density at radius 2 is 2.00 bits per heavy atom. The van der Waals surface area contributed by atoms with Crippen LogP contribution in [0.4, 0.5) is 5.82 Å². The van der Waals surface area contributed by atoms with E-state index in [4.69, 9.17) is 0 Å². The van der Waals surface area contributed by atoms with Crippen LogP contribution < -0.4 is 5.32 Å². The van der Waals surface area contributed by atoms with Crippen LogP contribution in [0.5, 0.6) is 5.75 Å². The highest BCUT2D eigenvalue weighted by molar-refractivity contribution is 6.07. The van der Waals surface area contributed by atoms with Crippen LogP contribution in [0.1, 0.15) is 10.4 Å². The van der Waals surface area contributed by atoms with Crippen molar-refractivity contribution in [3.63, 3.8) is 0 Å². The van der Waals surface area contributed by atoms with Crippen molar-refractivity contribution >= 4 is 22.8 Å². The highest BCUT2D eigenvalue weighted by atomic mass is 16.3. The molecule has 0 aliphatic heterocycles. The fourth-order valence-electron chi connectivity index (χ4n) is 1.74. The normalized spacial score (nSPS) is 10.5. The van der Waals surface area contributed by atoms with Gasteiger partial charge in [-0.15, -0.1) is 0 Å². The topological polar surface area (TPSA) is 90.9 Å². The Bertz CT molecular complexity index is 734. The Balaban J connectivity index is 1.89. The summed E-state index contributed by atoms with van der Waals surface area (Å²) in [4.78, 5) is 16.1. The number of aromatic hydroxyl groups is 1. The third-order valence-electron chi connectivity index (χ3n) is 2.70. The highest BCUT2D eigenvalue weighted by Crippen LogP contribution is 2.19. The van der Waals surface area contributed by atoms with Crippen LogP contribution in [0.3, 0.4) is 0 Å². The number of nitrogens with zero attached hydrogens (tertiary/aromatic N) is 2. The quantitative estimate of drug-likeness (QED) is 0.651. The Morgan fingerprint density at radius 3 is 2.79 bits per heavy atom. The van der Waals surface area contributed by atoms with Crippen molar-refractivity contribution in [3.8, 4) is 5.75 Å². The van der Waals surface area contributed by atoms with Crippen molar-refractivity contribution < 1.29 is 9.90 Å². The number of aromatic amines is 1. The number of pyridine rings is 1. The Labute approximate surface area is 108 Å². The smallest absolute Gasteiger partial charge is 0.256 e. The number of hydrogen-bond acceptors (Lipinski definition) is 4. The monoisotopic (exact) mass is 254 g/mol. The molecule has 19 heavy (non-hydrogen) atoms. The Morgan fingerprint density at radius 1 is 1.21 bits per heavy atom. The average molecular weight is 254 g/mol. The van der Waals surface area contributed by atoms with E-state index in [1.807, 2.05) is 6.07 Å². The molecule has 0 atom stereocenters. The van der Waals surface area contributed by atoms with Crippen molar-refractivity contribution in [3.05, 3.63) is 48.2 Å². The Kier molecular flexibility index (Phi) is 2.60. The van der Waals surface area contributed by atoms with E-state index in [0.29, 0.717) is 17.0 Å². The molecule has 2 aromatic heterocycles. The summed E-state index contributed by atoms with van der Waals surface area (Å²) in [6.07, 6.45) is 1.63. The van der Waals surface area contributed by atoms with Crippen LogP contribution in [0, 0.1) is 0 Å². The van der Waals surface area contributed by atoms with Gasteiger partial charge in [0, 0.05) is 11.8 Å². The number of aromatic nitrogens is 3. The molecule has 0 saturated carbocycles. The lowest BCUT2D eigenvalue weighted by Crippen LogP contribution is -2.12. The number of nitrogens with one attached hydrogen (secondary N) is 2. The highest BCUT2D eigenvalue weighted by Gasteiger charge is 2.10. The third kappa shape index (κ3) is 2.11. The van der Waals surface area contributed by atoms with Gasteiger partial charge in [-0.3, -0.25) is 9.89 Å². The fraction of sp³-hybridized carbons (Fsp3) is 0. The molecule has 1 amide bonds. The van der Waals surface area contributed by atoms with Crippen LogP contribution >= 0.6 is 0 Å². The Hall–Kier alpha value is -2.89. The van der Waals surface area contributed by atoms with Gasteiger partial charge >= 0.3 is 0 Å². The van der Waals surface area contributed by atoms with E-state index in [0.717, 1.165) is 5.39 Å². The molecule has 0 saturated heterocycles. The van der Waals surface area contributed by atoms with Crippen molar-refractivity contribution in [2.45, 2.75) is 0 Å². The molecular weight excluding hydrogens is 244 g/mol. The molecule has 3 aromatic rings. The molecule has 0 aliphatic rings. The summed E-state index contributed by atoms with van der Waals surface area (Å²) >= 11 is 0. The number of hydrogen-bond donors (Lipinski definition) is 3. The third-order valence-corrected chi connectivity index (χ3v) is 2.70. The molecule has 0 aliphatic carbocycles. The number of phenols is 1. The van der Waals surface area contributed by atoms with E-state index >= 15 is 0 Å². The average Bonchev–Trinajstić information content (AvgIpc) is 2.83. The van der Waals surface area contributed by atoms with Gasteiger partial charge in [-0.25, -0.2) is 4.98 Å². The van der Waals surface area contributed by atoms with Crippen molar-refractivity contribution in [2.24, 2.45) is 0 Å². The molecule has 0 bridgehead atoms. The minimum atomic E-state index is -0.283. The summed E-state index contributed by atoms with van der Waals surface area (Å²) in [5.41, 5.74) is 0.993. The lowest BCUT2D eigenvalue weighted by Gasteiger charge is -2.03. The number of amides is 1. The maximum Gasteiger partial charge on any atom is 0.256 e. The summed E-state index contributed by atoms with van der Waals surface area (Å²) in [5, 5.41) is 19.4. The largest absolute Gasteiger partial charge is 0.508 e. The molecule has 94 valence electrons. The molecule has 0 unspecified atom stereocenters. The first-order chi connectivity index (χ1) is 9.24. The molecular formula is C13H10N4O2. The SMILES string of the molecule is O=C(Nc1[nH]nc2ncccc12)c1ccc(O)cc1. The van der Waals surface area contributed by atoms with E-state index in [1.165, 1.54) is 12.1 Å². The lowest BCUT2D eigenvalue weighted by molar-refractivity contribution is 0.102. The zero-order valence-corrected chi connectivity index (χ0v) is 9.79. The molecule has 1 aromatic carbocycles. The summed E-state index contributed by atoms with van der Waals surface area (Å²) in [7, 11) is 0. The standard InChI is InChI=1S/C13H10N4O2/c18-9-5-3-8(4-6-9)13(19)15-12-10-2-1-7-14-11(10)16-17-12/h1-7,18H,(H2,14,15,16,17,19). The number of H-pyrrole nitrogens is 1. The predicted molar refractivity (Wildman–Crippen MR) is 69.9 cm³/mol. The van der Waals surface area contributed by atoms with E-state index in [1.54, 1.807) is 24.4 Å². The van der Waals surface area contributed by atoms with Gasteiger partial charge in [0.25, 0.3) is 5.91 Å². The second-order valence-corrected chi connectivity index (χ2v) is 3.97. The summed E-state index contributed by atoms with van der Waals surface area (Å²) in [6.45, 7) is 0. The minimum absolute atomic E-state index is 0.118. The molecule has 6 nitrogen and oxygen atoms in total. The van der Waals surface area contributed by atoms with E-state index in [9.17, 15) is 9.90 Å². The zero-order chi connectivity index (χ0) is 13.2. The summed E-state index contributed by atoms with van der Waals surface area (Å²) in [5.74, 6) is 0.336. The van der Waals surface area contributed by atoms with Gasteiger partial charge in [-0.1, -0.05) is 0 Å². The van der Waals surface area contributed by atoms with E-state index < -0.39 is 0 Å². The molecule has 6 heteroatoms. The maximum atomic E-state index is 12.0. The van der Waals surface area contributed by atoms with Gasteiger partial charge in [0.1, 0.15) is 11.6 Å². The van der Waals surface area contributed by atoms with Crippen LogP contribution in [-0.2, 0) is 0 Å². The molecule has 0 radical (unpaired) electrons.